The first-order valence-electron chi connectivity index (χ1n) is 9.28. The van der Waals surface area contributed by atoms with Crippen LogP contribution in [0.2, 0.25) is 0 Å². The number of carbonyl (C=O) groups excluding carboxylic acids is 2. The molecular formula is C17H22F3N5O6. The molecule has 0 aliphatic carbocycles. The Labute approximate surface area is 173 Å². The molecule has 2 aromatic heterocycles. The van der Waals surface area contributed by atoms with Gasteiger partial charge in [0.2, 0.25) is 0 Å². The zero-order chi connectivity index (χ0) is 23.3. The summed E-state index contributed by atoms with van der Waals surface area (Å²) in [5.41, 5.74) is 0.544. The molecule has 2 aromatic rings. The van der Waals surface area contributed by atoms with Crippen molar-refractivity contribution in [2.24, 2.45) is 7.05 Å². The van der Waals surface area contributed by atoms with Gasteiger partial charge in [-0.25, -0.2) is 14.6 Å². The highest BCUT2D eigenvalue weighted by molar-refractivity contribution is 5.75. The van der Waals surface area contributed by atoms with Gasteiger partial charge in [0.1, 0.15) is 11.3 Å². The number of hydrogen-bond donors (Lipinski definition) is 2. The molecule has 2 rings (SSSR count). The van der Waals surface area contributed by atoms with Gasteiger partial charge in [-0.1, -0.05) is 0 Å². The Kier molecular flexibility index (Phi) is 7.60. The van der Waals surface area contributed by atoms with E-state index >= 15 is 0 Å². The molecule has 14 heteroatoms. The molecule has 0 aromatic carbocycles. The van der Waals surface area contributed by atoms with Crippen LogP contribution in [0.3, 0.4) is 0 Å². The van der Waals surface area contributed by atoms with Crippen LogP contribution in [0.15, 0.2) is 9.59 Å². The molecule has 1 unspecified atom stereocenters. The smallest absolute Gasteiger partial charge is 0.463 e. The van der Waals surface area contributed by atoms with Crippen LogP contribution in [-0.4, -0.2) is 43.3 Å². The lowest BCUT2D eigenvalue weighted by Gasteiger charge is -2.12. The van der Waals surface area contributed by atoms with Gasteiger partial charge < -0.3 is 14.6 Å². The van der Waals surface area contributed by atoms with E-state index in [-0.39, 0.29) is 35.6 Å². The van der Waals surface area contributed by atoms with Crippen LogP contribution in [0, 0.1) is 0 Å². The van der Waals surface area contributed by atoms with Crippen molar-refractivity contribution in [1.29, 1.82) is 0 Å². The molecule has 11 nitrogen and oxygen atoms in total. The van der Waals surface area contributed by atoms with Crippen LogP contribution >= 0.6 is 0 Å². The van der Waals surface area contributed by atoms with Crippen molar-refractivity contribution >= 4 is 23.1 Å². The molecule has 0 radical (unpaired) electrons. The predicted octanol–water partition coefficient (Wildman–Crippen LogP) is 0.655. The van der Waals surface area contributed by atoms with Gasteiger partial charge in [-0.15, -0.1) is 5.48 Å². The first-order valence-corrected chi connectivity index (χ1v) is 9.28. The number of esters is 1. The standard InChI is InChI=1S/C17H22F3N5O6/c1-9(30-10(2)26)6-4-5-7-25-14(27)12-13(24(3)16(25)29)23-11(22-12)8-21-31-15(28)17(18,19)20/h9,21H,4-8H2,1-3H3,(H,22,23). The van der Waals surface area contributed by atoms with Crippen molar-refractivity contribution in [2.45, 2.75) is 58.5 Å². The molecule has 2 N–H and O–H groups in total. The molecular weight excluding hydrogens is 427 g/mol. The van der Waals surface area contributed by atoms with E-state index in [2.05, 4.69) is 14.8 Å². The van der Waals surface area contributed by atoms with Crippen LogP contribution < -0.4 is 16.7 Å². The number of hydrogen-bond acceptors (Lipinski definition) is 8. The minimum atomic E-state index is -5.16. The Bertz CT molecular complexity index is 1070. The van der Waals surface area contributed by atoms with Crippen LogP contribution in [0.4, 0.5) is 13.2 Å². The quantitative estimate of drug-likeness (QED) is 0.324. The average molecular weight is 449 g/mol. The molecule has 0 bridgehead atoms. The zero-order valence-electron chi connectivity index (χ0n) is 17.0. The Morgan fingerprint density at radius 3 is 2.55 bits per heavy atom. The maximum absolute atomic E-state index is 12.7. The summed E-state index contributed by atoms with van der Waals surface area (Å²) in [6, 6.07) is 0. The number of aromatic amines is 1. The summed E-state index contributed by atoms with van der Waals surface area (Å²) in [4.78, 5) is 57.2. The number of rotatable bonds is 9. The van der Waals surface area contributed by atoms with E-state index < -0.39 is 29.9 Å². The Morgan fingerprint density at radius 1 is 1.26 bits per heavy atom. The topological polar surface area (TPSA) is 137 Å². The van der Waals surface area contributed by atoms with Gasteiger partial charge in [0.25, 0.3) is 5.56 Å². The monoisotopic (exact) mass is 449 g/mol. The minimum absolute atomic E-state index is 0.00804. The molecule has 172 valence electrons. The van der Waals surface area contributed by atoms with Crippen LogP contribution in [0.1, 0.15) is 38.9 Å². The molecule has 0 amide bonds. The highest BCUT2D eigenvalue weighted by Crippen LogP contribution is 2.15. The van der Waals surface area contributed by atoms with Crippen molar-refractivity contribution in [3.05, 3.63) is 26.7 Å². The second-order valence-corrected chi connectivity index (χ2v) is 6.80. The third kappa shape index (κ3) is 6.16. The Morgan fingerprint density at radius 2 is 1.94 bits per heavy atom. The highest BCUT2D eigenvalue weighted by atomic mass is 19.4. The van der Waals surface area contributed by atoms with Crippen molar-refractivity contribution < 1.29 is 32.3 Å². The van der Waals surface area contributed by atoms with E-state index in [4.69, 9.17) is 4.74 Å². The largest absolute Gasteiger partial charge is 0.492 e. The van der Waals surface area contributed by atoms with Crippen molar-refractivity contribution in [3.63, 3.8) is 0 Å². The number of alkyl halides is 3. The number of halogens is 3. The van der Waals surface area contributed by atoms with Gasteiger partial charge in [-0.3, -0.25) is 18.7 Å². The number of nitrogens with zero attached hydrogens (tertiary/aromatic N) is 3. The fraction of sp³-hybridized carbons (Fsp3) is 0.588. The fourth-order valence-corrected chi connectivity index (χ4v) is 2.85. The van der Waals surface area contributed by atoms with E-state index in [1.54, 1.807) is 6.92 Å². The van der Waals surface area contributed by atoms with Gasteiger partial charge in [0, 0.05) is 20.5 Å². The van der Waals surface area contributed by atoms with E-state index in [1.807, 2.05) is 5.48 Å². The average Bonchev–Trinajstić information content (AvgIpc) is 3.08. The van der Waals surface area contributed by atoms with Crippen molar-refractivity contribution in [1.82, 2.24) is 24.6 Å². The van der Waals surface area contributed by atoms with E-state index in [1.165, 1.54) is 14.0 Å². The molecule has 0 saturated carbocycles. The zero-order valence-corrected chi connectivity index (χ0v) is 17.0. The number of fused-ring (bicyclic) bond motifs is 1. The van der Waals surface area contributed by atoms with Gasteiger partial charge in [0.05, 0.1) is 12.6 Å². The van der Waals surface area contributed by atoms with E-state index in [0.717, 1.165) is 9.13 Å². The molecule has 2 heterocycles. The van der Waals surface area contributed by atoms with Crippen LogP contribution in [0.5, 0.6) is 0 Å². The maximum Gasteiger partial charge on any atom is 0.492 e. The van der Waals surface area contributed by atoms with Gasteiger partial charge >= 0.3 is 23.8 Å². The first kappa shape index (κ1) is 24.1. The first-order chi connectivity index (χ1) is 14.4. The van der Waals surface area contributed by atoms with Gasteiger partial charge in [-0.05, 0) is 26.2 Å². The summed E-state index contributed by atoms with van der Waals surface area (Å²) in [5, 5.41) is 0. The number of H-pyrrole nitrogens is 1. The second-order valence-electron chi connectivity index (χ2n) is 6.80. The number of aromatic nitrogens is 4. The highest BCUT2D eigenvalue weighted by Gasteiger charge is 2.41. The number of aryl methyl sites for hydroxylation is 1. The summed E-state index contributed by atoms with van der Waals surface area (Å²) in [6.45, 7) is 2.72. The van der Waals surface area contributed by atoms with Gasteiger partial charge in [0.15, 0.2) is 5.65 Å². The summed E-state index contributed by atoms with van der Waals surface area (Å²) < 4.78 is 43.5. The summed E-state index contributed by atoms with van der Waals surface area (Å²) in [5.74, 6) is -2.83. The van der Waals surface area contributed by atoms with E-state index in [0.29, 0.717) is 19.3 Å². The molecule has 1 atom stereocenters. The fourth-order valence-electron chi connectivity index (χ4n) is 2.85. The second kappa shape index (κ2) is 9.76. The number of unbranched alkanes of at least 4 members (excludes halogenated alkanes) is 1. The lowest BCUT2D eigenvalue weighted by Crippen LogP contribution is -2.39. The number of hydroxylamine groups is 1. The molecule has 31 heavy (non-hydrogen) atoms. The number of carbonyl (C=O) groups is 2. The molecule has 0 spiro atoms. The van der Waals surface area contributed by atoms with Crippen LogP contribution in [0.25, 0.3) is 11.2 Å². The predicted molar refractivity (Wildman–Crippen MR) is 99.7 cm³/mol. The number of imidazole rings is 1. The SMILES string of the molecule is CC(=O)OC(C)CCCCn1c(=O)c2[nH]c(CNOC(=O)C(F)(F)F)nc2n(C)c1=O. The molecule has 0 aliphatic rings. The Balaban J connectivity index is 2.09. The third-order valence-electron chi connectivity index (χ3n) is 4.27. The minimum Gasteiger partial charge on any atom is -0.463 e. The Hall–Kier alpha value is -3.16. The normalized spacial score (nSPS) is 12.7. The van der Waals surface area contributed by atoms with Gasteiger partial charge in [-0.2, -0.15) is 13.2 Å². The summed E-state index contributed by atoms with van der Waals surface area (Å²) in [7, 11) is 1.39. The van der Waals surface area contributed by atoms with Crippen molar-refractivity contribution in [2.75, 3.05) is 0 Å². The summed E-state index contributed by atoms with van der Waals surface area (Å²) >= 11 is 0. The molecule has 0 aliphatic heterocycles. The number of nitrogens with one attached hydrogen (secondary N) is 2. The molecule has 0 fully saturated rings. The lowest BCUT2D eigenvalue weighted by atomic mass is 10.2. The number of ether oxygens (including phenoxy) is 1. The van der Waals surface area contributed by atoms with Crippen molar-refractivity contribution in [3.8, 4) is 0 Å². The maximum atomic E-state index is 12.7. The van der Waals surface area contributed by atoms with Crippen LogP contribution in [-0.2, 0) is 39.3 Å². The lowest BCUT2D eigenvalue weighted by molar-refractivity contribution is -0.207. The third-order valence-corrected chi connectivity index (χ3v) is 4.27. The molecule has 0 saturated heterocycles. The summed E-state index contributed by atoms with van der Waals surface area (Å²) in [6.07, 6.45) is -3.80. The van der Waals surface area contributed by atoms with E-state index in [9.17, 15) is 32.3 Å².